The molecule has 0 aliphatic rings. The first kappa shape index (κ1) is 22.8. The Morgan fingerprint density at radius 3 is 1.86 bits per heavy atom. The summed E-state index contributed by atoms with van der Waals surface area (Å²) in [7, 11) is 0. The normalized spacial score (nSPS) is 12.2. The van der Waals surface area contributed by atoms with E-state index in [9.17, 15) is 0 Å². The third-order valence-electron chi connectivity index (χ3n) is 8.95. The van der Waals surface area contributed by atoms with Crippen molar-refractivity contribution in [2.24, 2.45) is 0 Å². The van der Waals surface area contributed by atoms with Crippen molar-refractivity contribution in [3.05, 3.63) is 134 Å². The number of hydrogen-bond acceptors (Lipinski definition) is 3. The fourth-order valence-electron chi connectivity index (χ4n) is 7.13. The minimum Gasteiger partial charge on any atom is -0.460 e. The molecule has 3 aromatic heterocycles. The Balaban J connectivity index is 1.33. The number of furan rings is 3. The Morgan fingerprint density at radius 1 is 0.395 bits per heavy atom. The molecule has 0 unspecified atom stereocenters. The van der Waals surface area contributed by atoms with Crippen LogP contribution in [0.2, 0.25) is 0 Å². The molecule has 0 aliphatic heterocycles. The average molecular weight is 551 g/mol. The van der Waals surface area contributed by atoms with Crippen LogP contribution < -0.4 is 0 Å². The third-order valence-corrected chi connectivity index (χ3v) is 8.95. The second kappa shape index (κ2) is 8.37. The van der Waals surface area contributed by atoms with Gasteiger partial charge in [0, 0.05) is 26.9 Å². The van der Waals surface area contributed by atoms with Crippen molar-refractivity contribution in [3.8, 4) is 22.3 Å². The average Bonchev–Trinajstić information content (AvgIpc) is 3.78. The highest BCUT2D eigenvalue weighted by Gasteiger charge is 2.21. The van der Waals surface area contributed by atoms with Crippen molar-refractivity contribution in [1.82, 2.24) is 0 Å². The predicted molar refractivity (Wildman–Crippen MR) is 177 cm³/mol. The second-order valence-electron chi connectivity index (χ2n) is 11.2. The van der Waals surface area contributed by atoms with Crippen molar-refractivity contribution in [3.63, 3.8) is 0 Å². The van der Waals surface area contributed by atoms with Gasteiger partial charge in [0.05, 0.1) is 6.26 Å². The minimum absolute atomic E-state index is 0.788. The molecule has 10 aromatic rings. The van der Waals surface area contributed by atoms with Crippen molar-refractivity contribution in [2.45, 2.75) is 0 Å². The molecule has 0 saturated carbocycles. The molecule has 0 fully saturated rings. The van der Waals surface area contributed by atoms with E-state index in [-0.39, 0.29) is 0 Å². The molecule has 0 bridgehead atoms. The molecule has 3 heterocycles. The Hall–Kier alpha value is -5.80. The Morgan fingerprint density at radius 2 is 1.07 bits per heavy atom. The summed E-state index contributed by atoms with van der Waals surface area (Å²) in [6, 6.07) is 45.0. The lowest BCUT2D eigenvalue weighted by atomic mass is 9.84. The lowest BCUT2D eigenvalue weighted by Gasteiger charge is -2.18. The topological polar surface area (TPSA) is 39.4 Å². The maximum absolute atomic E-state index is 6.33. The van der Waals surface area contributed by atoms with Crippen LogP contribution in [0.25, 0.3) is 98.6 Å². The molecule has 0 spiro atoms. The monoisotopic (exact) mass is 550 g/mol. The molecule has 0 radical (unpaired) electrons. The van der Waals surface area contributed by atoms with Crippen molar-refractivity contribution >= 4 is 76.4 Å². The molecular weight excluding hydrogens is 528 g/mol. The van der Waals surface area contributed by atoms with E-state index >= 15 is 0 Å². The summed E-state index contributed by atoms with van der Waals surface area (Å²) in [5.41, 5.74) is 9.02. The number of hydrogen-bond donors (Lipinski definition) is 0. The number of benzene rings is 7. The van der Waals surface area contributed by atoms with Crippen LogP contribution in [0.3, 0.4) is 0 Å². The van der Waals surface area contributed by atoms with Crippen molar-refractivity contribution < 1.29 is 13.3 Å². The lowest BCUT2D eigenvalue weighted by molar-refractivity contribution is 0.600. The first-order chi connectivity index (χ1) is 21.3. The summed E-state index contributed by atoms with van der Waals surface area (Å²) in [5.74, 6) is 0. The standard InChI is InChI=1S/C40H22O3/c1-3-10-27-25(8-1)36(24-17-19-34-32(22-24)29-18-16-23-20-21-41-39(23)40(29)43-34)26-9-2-4-11-28(26)37(27)31-13-7-15-35-38(31)30-12-5-6-14-33(30)42-35/h1-22H. The molecule has 0 atom stereocenters. The fraction of sp³-hybridized carbons (Fsp3) is 0. The summed E-state index contributed by atoms with van der Waals surface area (Å²) >= 11 is 0. The first-order valence-corrected chi connectivity index (χ1v) is 14.5. The number of rotatable bonds is 2. The zero-order valence-electron chi connectivity index (χ0n) is 22.9. The van der Waals surface area contributed by atoms with E-state index in [4.69, 9.17) is 13.3 Å². The van der Waals surface area contributed by atoms with E-state index in [1.165, 1.54) is 38.2 Å². The third kappa shape index (κ3) is 3.08. The fourth-order valence-corrected chi connectivity index (χ4v) is 7.13. The molecule has 0 saturated heterocycles. The van der Waals surface area contributed by atoms with Gasteiger partial charge < -0.3 is 13.3 Å². The summed E-state index contributed by atoms with van der Waals surface area (Å²) in [6.45, 7) is 0. The molecule has 3 heteroatoms. The Kier molecular flexibility index (Phi) is 4.45. The molecular formula is C40H22O3. The van der Waals surface area contributed by atoms with Crippen LogP contribution in [0, 0.1) is 0 Å². The van der Waals surface area contributed by atoms with Crippen LogP contribution in [0.1, 0.15) is 0 Å². The maximum atomic E-state index is 6.33. The van der Waals surface area contributed by atoms with Crippen LogP contribution in [-0.4, -0.2) is 0 Å². The zero-order valence-corrected chi connectivity index (χ0v) is 22.9. The van der Waals surface area contributed by atoms with Gasteiger partial charge in [0.25, 0.3) is 0 Å². The highest BCUT2D eigenvalue weighted by molar-refractivity contribution is 6.26. The Bertz CT molecular complexity index is 2680. The molecule has 200 valence electrons. The number of fused-ring (bicyclic) bond motifs is 10. The summed E-state index contributed by atoms with van der Waals surface area (Å²) < 4.78 is 18.4. The van der Waals surface area contributed by atoms with Crippen LogP contribution in [0.15, 0.2) is 147 Å². The molecule has 10 rings (SSSR count). The van der Waals surface area contributed by atoms with Gasteiger partial charge >= 0.3 is 0 Å². The van der Waals surface area contributed by atoms with E-state index in [0.29, 0.717) is 0 Å². The van der Waals surface area contributed by atoms with Crippen LogP contribution in [-0.2, 0) is 0 Å². The summed E-state index contributed by atoms with van der Waals surface area (Å²) in [6.07, 6.45) is 1.72. The largest absolute Gasteiger partial charge is 0.460 e. The smallest absolute Gasteiger partial charge is 0.178 e. The van der Waals surface area contributed by atoms with Gasteiger partial charge in [-0.05, 0) is 80.2 Å². The molecule has 3 nitrogen and oxygen atoms in total. The van der Waals surface area contributed by atoms with Crippen molar-refractivity contribution in [2.75, 3.05) is 0 Å². The van der Waals surface area contributed by atoms with E-state index in [2.05, 4.69) is 109 Å². The predicted octanol–water partition coefficient (Wildman–Crippen LogP) is 11.9. The first-order valence-electron chi connectivity index (χ1n) is 14.5. The molecule has 0 aliphatic carbocycles. The molecule has 43 heavy (non-hydrogen) atoms. The Labute approximate surface area is 245 Å². The van der Waals surface area contributed by atoms with E-state index in [0.717, 1.165) is 60.4 Å². The number of para-hydroxylation sites is 1. The second-order valence-corrected chi connectivity index (χ2v) is 11.2. The SMILES string of the molecule is c1ccc2c(c1)oc1cccc(-c3c4ccccc4c(-c4ccc5oc6c(ccc7ccoc76)c5c4)c4ccccc34)c12. The van der Waals surface area contributed by atoms with Gasteiger partial charge in [-0.2, -0.15) is 0 Å². The van der Waals surface area contributed by atoms with E-state index in [1.54, 1.807) is 6.26 Å². The lowest BCUT2D eigenvalue weighted by Crippen LogP contribution is -1.91. The maximum Gasteiger partial charge on any atom is 0.178 e. The quantitative estimate of drug-likeness (QED) is 0.201. The van der Waals surface area contributed by atoms with Crippen LogP contribution >= 0.6 is 0 Å². The molecule has 0 amide bonds. The van der Waals surface area contributed by atoms with Crippen molar-refractivity contribution in [1.29, 1.82) is 0 Å². The summed E-state index contributed by atoms with van der Waals surface area (Å²) in [5, 5.41) is 10.3. The van der Waals surface area contributed by atoms with Gasteiger partial charge in [-0.3, -0.25) is 0 Å². The minimum atomic E-state index is 0.788. The van der Waals surface area contributed by atoms with Gasteiger partial charge in [-0.1, -0.05) is 91.0 Å². The van der Waals surface area contributed by atoms with E-state index < -0.39 is 0 Å². The highest BCUT2D eigenvalue weighted by atomic mass is 16.4. The molecule has 7 aromatic carbocycles. The highest BCUT2D eigenvalue weighted by Crippen LogP contribution is 2.47. The summed E-state index contributed by atoms with van der Waals surface area (Å²) in [4.78, 5) is 0. The zero-order chi connectivity index (χ0) is 28.1. The van der Waals surface area contributed by atoms with Crippen LogP contribution in [0.4, 0.5) is 0 Å². The van der Waals surface area contributed by atoms with Gasteiger partial charge in [-0.25, -0.2) is 0 Å². The van der Waals surface area contributed by atoms with Crippen LogP contribution in [0.5, 0.6) is 0 Å². The van der Waals surface area contributed by atoms with Gasteiger partial charge in [0.15, 0.2) is 11.2 Å². The van der Waals surface area contributed by atoms with E-state index in [1.807, 2.05) is 18.2 Å². The van der Waals surface area contributed by atoms with Gasteiger partial charge in [-0.15, -0.1) is 0 Å². The molecule has 0 N–H and O–H groups in total. The van der Waals surface area contributed by atoms with Gasteiger partial charge in [0.2, 0.25) is 0 Å². The van der Waals surface area contributed by atoms with Gasteiger partial charge in [0.1, 0.15) is 16.7 Å².